The highest BCUT2D eigenvalue weighted by molar-refractivity contribution is 7.13. The molecule has 160 valence electrons. The van der Waals surface area contributed by atoms with Gasteiger partial charge in [-0.25, -0.2) is 4.98 Å². The minimum Gasteiger partial charge on any atom is -0.325 e. The molecule has 0 aromatic carbocycles. The molecule has 0 saturated carbocycles. The van der Waals surface area contributed by atoms with Crippen LogP contribution in [0, 0.1) is 37.0 Å². The number of aromatic nitrogens is 2. The van der Waals surface area contributed by atoms with Crippen LogP contribution in [0.1, 0.15) is 54.8 Å². The zero-order chi connectivity index (χ0) is 21.8. The number of rotatable bonds is 6. The van der Waals surface area contributed by atoms with Gasteiger partial charge in [0.1, 0.15) is 11.6 Å². The van der Waals surface area contributed by atoms with Crippen molar-refractivity contribution < 1.29 is 4.79 Å². The predicted molar refractivity (Wildman–Crippen MR) is 119 cm³/mol. The third-order valence-electron chi connectivity index (χ3n) is 5.65. The topological polar surface area (TPSA) is 102 Å². The van der Waals surface area contributed by atoms with Crippen LogP contribution in [0.25, 0.3) is 0 Å². The number of hydrogen-bond donors (Lipinski definition) is 2. The highest BCUT2D eigenvalue weighted by Gasteiger charge is 2.22. The fraction of sp³-hybridized carbons (Fsp3) is 0.545. The Hall–Kier alpha value is -2.50. The van der Waals surface area contributed by atoms with Gasteiger partial charge in [-0.3, -0.25) is 14.5 Å². The molecule has 8 heteroatoms. The molecule has 2 N–H and O–H groups in total. The van der Waals surface area contributed by atoms with Crippen LogP contribution in [0.2, 0.25) is 0 Å². The average molecular weight is 428 g/mol. The lowest BCUT2D eigenvalue weighted by molar-refractivity contribution is -0.116. The van der Waals surface area contributed by atoms with Crippen LogP contribution < -0.4 is 10.9 Å². The summed E-state index contributed by atoms with van der Waals surface area (Å²) in [5.41, 5.74) is 2.91. The van der Waals surface area contributed by atoms with Crippen LogP contribution in [0.4, 0.5) is 5.13 Å². The lowest BCUT2D eigenvalue weighted by Crippen LogP contribution is -2.38. The van der Waals surface area contributed by atoms with Crippen molar-refractivity contribution in [1.29, 1.82) is 5.26 Å². The van der Waals surface area contributed by atoms with Crippen molar-refractivity contribution in [2.24, 2.45) is 11.8 Å². The number of hydrogen-bond acceptors (Lipinski definition) is 6. The van der Waals surface area contributed by atoms with Crippen molar-refractivity contribution in [3.05, 3.63) is 43.8 Å². The van der Waals surface area contributed by atoms with E-state index in [-0.39, 0.29) is 23.5 Å². The molecular formula is C22H29N5O2S. The van der Waals surface area contributed by atoms with Gasteiger partial charge in [-0.1, -0.05) is 13.8 Å². The maximum Gasteiger partial charge on any atom is 0.266 e. The van der Waals surface area contributed by atoms with Crippen molar-refractivity contribution in [2.75, 3.05) is 18.4 Å². The maximum atomic E-state index is 12.4. The number of piperidine rings is 1. The molecule has 2 aromatic rings. The fourth-order valence-corrected chi connectivity index (χ4v) is 5.15. The van der Waals surface area contributed by atoms with E-state index in [2.05, 4.69) is 34.0 Å². The molecule has 1 aliphatic heterocycles. The summed E-state index contributed by atoms with van der Waals surface area (Å²) in [6.45, 7) is 11.1. The first kappa shape index (κ1) is 22.2. The van der Waals surface area contributed by atoms with Crippen molar-refractivity contribution in [3.8, 4) is 6.07 Å². The van der Waals surface area contributed by atoms with Crippen molar-refractivity contribution in [3.63, 3.8) is 0 Å². The Balaban J connectivity index is 1.57. The molecule has 2 atom stereocenters. The molecule has 1 amide bonds. The van der Waals surface area contributed by atoms with Crippen LogP contribution in [0.5, 0.6) is 0 Å². The van der Waals surface area contributed by atoms with Gasteiger partial charge in [0.05, 0.1) is 5.69 Å². The minimum absolute atomic E-state index is 0.113. The number of aryl methyl sites for hydroxylation is 1. The van der Waals surface area contributed by atoms with Crippen LogP contribution in [-0.4, -0.2) is 33.9 Å². The molecule has 3 heterocycles. The van der Waals surface area contributed by atoms with Crippen LogP contribution >= 0.6 is 11.3 Å². The number of pyridine rings is 1. The first-order valence-electron chi connectivity index (χ1n) is 10.4. The molecule has 0 radical (unpaired) electrons. The number of thiazole rings is 1. The van der Waals surface area contributed by atoms with E-state index in [0.29, 0.717) is 34.6 Å². The summed E-state index contributed by atoms with van der Waals surface area (Å²) in [6.07, 6.45) is 1.99. The quantitative estimate of drug-likeness (QED) is 0.736. The van der Waals surface area contributed by atoms with E-state index in [1.807, 2.05) is 11.4 Å². The second kappa shape index (κ2) is 9.54. The lowest BCUT2D eigenvalue weighted by Gasteiger charge is -2.34. The Labute approximate surface area is 181 Å². The number of amides is 1. The van der Waals surface area contributed by atoms with E-state index in [0.717, 1.165) is 30.9 Å². The Morgan fingerprint density at radius 3 is 2.73 bits per heavy atom. The van der Waals surface area contributed by atoms with Crippen LogP contribution in [-0.2, 0) is 17.8 Å². The SMILES string of the molecule is Cc1[nH]c(=O)c(C#N)c(C)c1CCC(=O)Nc1nc(CN2C[C@H](C)C[C@@H](C)C2)cs1. The summed E-state index contributed by atoms with van der Waals surface area (Å²) < 4.78 is 0. The molecule has 2 aromatic heterocycles. The van der Waals surface area contributed by atoms with Crippen molar-refractivity contribution >= 4 is 22.4 Å². The number of carbonyl (C=O) groups is 1. The van der Waals surface area contributed by atoms with E-state index < -0.39 is 0 Å². The van der Waals surface area contributed by atoms with Crippen LogP contribution in [0.15, 0.2) is 10.2 Å². The Morgan fingerprint density at radius 1 is 1.37 bits per heavy atom. The van der Waals surface area contributed by atoms with Crippen LogP contribution in [0.3, 0.4) is 0 Å². The monoisotopic (exact) mass is 427 g/mol. The minimum atomic E-state index is -0.381. The normalized spacial score (nSPS) is 19.4. The Kier molecular flexibility index (Phi) is 7.06. The van der Waals surface area contributed by atoms with Gasteiger partial charge in [-0.2, -0.15) is 5.26 Å². The van der Waals surface area contributed by atoms with Crippen molar-refractivity contribution in [1.82, 2.24) is 14.9 Å². The number of H-pyrrole nitrogens is 1. The molecule has 0 aliphatic carbocycles. The van der Waals surface area contributed by atoms with Gasteiger partial charge in [0.25, 0.3) is 5.56 Å². The molecule has 1 aliphatic rings. The second-order valence-corrected chi connectivity index (χ2v) is 9.36. The molecule has 0 bridgehead atoms. The molecule has 3 rings (SSSR count). The molecule has 7 nitrogen and oxygen atoms in total. The van der Waals surface area contributed by atoms with Gasteiger partial charge in [-0.05, 0) is 49.7 Å². The number of carbonyl (C=O) groups excluding carboxylic acids is 1. The maximum absolute atomic E-state index is 12.4. The van der Waals surface area contributed by atoms with E-state index in [9.17, 15) is 14.9 Å². The third-order valence-corrected chi connectivity index (χ3v) is 6.46. The third kappa shape index (κ3) is 5.35. The first-order chi connectivity index (χ1) is 14.3. The summed E-state index contributed by atoms with van der Waals surface area (Å²) in [4.78, 5) is 34.0. The summed E-state index contributed by atoms with van der Waals surface area (Å²) in [5.74, 6) is 1.28. The Morgan fingerprint density at radius 2 is 2.07 bits per heavy atom. The van der Waals surface area contributed by atoms with E-state index in [1.165, 1.54) is 17.8 Å². The van der Waals surface area contributed by atoms with E-state index >= 15 is 0 Å². The predicted octanol–water partition coefficient (Wildman–Crippen LogP) is 3.37. The molecule has 0 unspecified atom stereocenters. The van der Waals surface area contributed by atoms with Crippen molar-refractivity contribution in [2.45, 2.75) is 53.5 Å². The van der Waals surface area contributed by atoms with Gasteiger partial charge < -0.3 is 10.3 Å². The summed E-state index contributed by atoms with van der Waals surface area (Å²) in [6, 6.07) is 1.94. The van der Waals surface area contributed by atoms with Gasteiger partial charge in [0, 0.05) is 37.1 Å². The summed E-state index contributed by atoms with van der Waals surface area (Å²) in [5, 5.41) is 14.7. The highest BCUT2D eigenvalue weighted by atomic mass is 32.1. The average Bonchev–Trinajstić information content (AvgIpc) is 3.07. The lowest BCUT2D eigenvalue weighted by atomic mass is 9.92. The molecule has 0 spiro atoms. The number of aromatic amines is 1. The van der Waals surface area contributed by atoms with Gasteiger partial charge in [0.2, 0.25) is 5.91 Å². The molecule has 30 heavy (non-hydrogen) atoms. The number of likely N-dealkylation sites (tertiary alicyclic amines) is 1. The second-order valence-electron chi connectivity index (χ2n) is 8.50. The molecular weight excluding hydrogens is 398 g/mol. The fourth-order valence-electron chi connectivity index (χ4n) is 4.43. The van der Waals surface area contributed by atoms with Gasteiger partial charge in [-0.15, -0.1) is 11.3 Å². The smallest absolute Gasteiger partial charge is 0.266 e. The Bertz CT molecular complexity index is 1010. The molecule has 1 fully saturated rings. The largest absolute Gasteiger partial charge is 0.325 e. The molecule has 1 saturated heterocycles. The zero-order valence-corrected chi connectivity index (χ0v) is 18.9. The first-order valence-corrected chi connectivity index (χ1v) is 11.2. The summed E-state index contributed by atoms with van der Waals surface area (Å²) >= 11 is 1.44. The number of nitrogens with zero attached hydrogens (tertiary/aromatic N) is 3. The number of anilines is 1. The highest BCUT2D eigenvalue weighted by Crippen LogP contribution is 2.24. The number of nitriles is 1. The van der Waals surface area contributed by atoms with E-state index in [1.54, 1.807) is 13.8 Å². The van der Waals surface area contributed by atoms with Gasteiger partial charge >= 0.3 is 0 Å². The summed E-state index contributed by atoms with van der Waals surface area (Å²) in [7, 11) is 0. The van der Waals surface area contributed by atoms with Gasteiger partial charge in [0.15, 0.2) is 5.13 Å². The standard InChI is InChI=1S/C22H29N5O2S/c1-13-7-14(2)10-27(9-13)11-17-12-30-22(25-17)26-20(28)6-5-18-15(3)19(8-23)21(29)24-16(18)4/h12-14H,5-7,9-11H2,1-4H3,(H,24,29)(H,25,26,28)/t13-,14-/m1/s1. The van der Waals surface area contributed by atoms with E-state index in [4.69, 9.17) is 0 Å². The number of nitrogens with one attached hydrogen (secondary N) is 2. The zero-order valence-electron chi connectivity index (χ0n) is 18.0.